The van der Waals surface area contributed by atoms with Crippen LogP contribution in [0.5, 0.6) is 0 Å². The Hall–Kier alpha value is -0.0800. The van der Waals surface area contributed by atoms with Gasteiger partial charge in [-0.1, -0.05) is 19.8 Å². The van der Waals surface area contributed by atoms with Gasteiger partial charge >= 0.3 is 0 Å². The van der Waals surface area contributed by atoms with E-state index in [2.05, 4.69) is 24.1 Å². The Labute approximate surface area is 107 Å². The van der Waals surface area contributed by atoms with Crippen LogP contribution in [-0.4, -0.2) is 37.1 Å². The first-order valence-corrected chi connectivity index (χ1v) is 7.75. The van der Waals surface area contributed by atoms with E-state index in [9.17, 15) is 0 Å². The normalized spacial score (nSPS) is 25.1. The minimum Gasteiger partial charge on any atom is -0.314 e. The first kappa shape index (κ1) is 13.4. The van der Waals surface area contributed by atoms with Crippen molar-refractivity contribution in [2.24, 2.45) is 11.8 Å². The molecule has 1 atom stereocenters. The molecule has 1 unspecified atom stereocenters. The van der Waals surface area contributed by atoms with Crippen molar-refractivity contribution < 1.29 is 0 Å². The van der Waals surface area contributed by atoms with Gasteiger partial charge in [-0.25, -0.2) is 0 Å². The van der Waals surface area contributed by atoms with Crippen LogP contribution in [-0.2, 0) is 0 Å². The van der Waals surface area contributed by atoms with E-state index in [4.69, 9.17) is 0 Å². The average molecular weight is 238 g/mol. The highest BCUT2D eigenvalue weighted by Gasteiger charge is 2.24. The summed E-state index contributed by atoms with van der Waals surface area (Å²) in [5, 5.41) is 3.75. The van der Waals surface area contributed by atoms with Crippen LogP contribution < -0.4 is 5.32 Å². The molecule has 0 aromatic carbocycles. The van der Waals surface area contributed by atoms with E-state index in [1.807, 2.05) is 0 Å². The van der Waals surface area contributed by atoms with Crippen LogP contribution in [0, 0.1) is 11.8 Å². The summed E-state index contributed by atoms with van der Waals surface area (Å²) in [7, 11) is 0. The Balaban J connectivity index is 1.57. The minimum absolute atomic E-state index is 0.734. The molecule has 1 aliphatic carbocycles. The smallest absolute Gasteiger partial charge is 0.00679 e. The van der Waals surface area contributed by atoms with E-state index >= 15 is 0 Å². The summed E-state index contributed by atoms with van der Waals surface area (Å²) in [4.78, 5) is 2.63. The van der Waals surface area contributed by atoms with Gasteiger partial charge in [-0.05, 0) is 70.6 Å². The zero-order valence-corrected chi connectivity index (χ0v) is 11.8. The van der Waals surface area contributed by atoms with Gasteiger partial charge in [0.1, 0.15) is 0 Å². The van der Waals surface area contributed by atoms with Crippen LogP contribution >= 0.6 is 0 Å². The molecule has 2 aliphatic rings. The lowest BCUT2D eigenvalue weighted by Gasteiger charge is -2.35. The standard InChI is InChI=1S/C15H30N2/c1-3-10-17-11-7-15(8-12-17)13(2)16-9-6-14-4-5-14/h13-16H,3-12H2,1-2H3. The molecule has 0 radical (unpaired) electrons. The van der Waals surface area contributed by atoms with E-state index in [-0.39, 0.29) is 0 Å². The summed E-state index contributed by atoms with van der Waals surface area (Å²) in [6.45, 7) is 9.89. The average Bonchev–Trinajstić information content (AvgIpc) is 3.14. The molecule has 1 saturated heterocycles. The summed E-state index contributed by atoms with van der Waals surface area (Å²) in [6, 6.07) is 0.734. The zero-order valence-electron chi connectivity index (χ0n) is 11.8. The second kappa shape index (κ2) is 6.75. The highest BCUT2D eigenvalue weighted by atomic mass is 15.1. The predicted molar refractivity (Wildman–Crippen MR) is 74.3 cm³/mol. The molecular weight excluding hydrogens is 208 g/mol. The van der Waals surface area contributed by atoms with Gasteiger partial charge in [-0.2, -0.15) is 0 Å². The SMILES string of the molecule is CCCN1CCC(C(C)NCCC2CC2)CC1. The number of nitrogens with zero attached hydrogens (tertiary/aromatic N) is 1. The van der Waals surface area contributed by atoms with Crippen LogP contribution in [0.4, 0.5) is 0 Å². The second-order valence-corrected chi connectivity index (χ2v) is 6.15. The summed E-state index contributed by atoms with van der Waals surface area (Å²) in [6.07, 6.45) is 8.50. The molecule has 100 valence electrons. The zero-order chi connectivity index (χ0) is 12.1. The van der Waals surface area contributed by atoms with Crippen LogP contribution in [0.25, 0.3) is 0 Å². The molecule has 17 heavy (non-hydrogen) atoms. The van der Waals surface area contributed by atoms with Gasteiger partial charge in [-0.15, -0.1) is 0 Å². The maximum Gasteiger partial charge on any atom is 0.00679 e. The molecule has 2 fully saturated rings. The molecule has 1 saturated carbocycles. The Morgan fingerprint density at radius 1 is 1.18 bits per heavy atom. The van der Waals surface area contributed by atoms with Crippen molar-refractivity contribution in [3.8, 4) is 0 Å². The van der Waals surface area contributed by atoms with Crippen LogP contribution in [0.3, 0.4) is 0 Å². The highest BCUT2D eigenvalue weighted by Crippen LogP contribution is 2.31. The quantitative estimate of drug-likeness (QED) is 0.733. The topological polar surface area (TPSA) is 15.3 Å². The maximum absolute atomic E-state index is 3.75. The van der Waals surface area contributed by atoms with E-state index in [0.717, 1.165) is 17.9 Å². The second-order valence-electron chi connectivity index (χ2n) is 6.15. The van der Waals surface area contributed by atoms with Crippen molar-refractivity contribution in [3.63, 3.8) is 0 Å². The van der Waals surface area contributed by atoms with Crippen LogP contribution in [0.1, 0.15) is 52.4 Å². The Bertz CT molecular complexity index is 205. The van der Waals surface area contributed by atoms with Gasteiger partial charge in [0, 0.05) is 6.04 Å². The summed E-state index contributed by atoms with van der Waals surface area (Å²) < 4.78 is 0. The molecule has 2 nitrogen and oxygen atoms in total. The third-order valence-corrected chi connectivity index (χ3v) is 4.59. The minimum atomic E-state index is 0.734. The lowest BCUT2D eigenvalue weighted by Crippen LogP contribution is -2.42. The molecule has 0 spiro atoms. The third-order valence-electron chi connectivity index (χ3n) is 4.59. The fourth-order valence-electron chi connectivity index (χ4n) is 3.08. The molecule has 1 heterocycles. The number of likely N-dealkylation sites (tertiary alicyclic amines) is 1. The number of hydrogen-bond donors (Lipinski definition) is 1. The number of nitrogens with one attached hydrogen (secondary N) is 1. The first-order valence-electron chi connectivity index (χ1n) is 7.75. The summed E-state index contributed by atoms with van der Waals surface area (Å²) in [5.74, 6) is 1.99. The van der Waals surface area contributed by atoms with Gasteiger partial charge < -0.3 is 10.2 Å². The number of rotatable bonds is 7. The van der Waals surface area contributed by atoms with Crippen molar-refractivity contribution in [1.29, 1.82) is 0 Å². The van der Waals surface area contributed by atoms with Crippen LogP contribution in [0.15, 0.2) is 0 Å². The van der Waals surface area contributed by atoms with Crippen LogP contribution in [0.2, 0.25) is 0 Å². The van der Waals surface area contributed by atoms with Gasteiger partial charge in [0.15, 0.2) is 0 Å². The van der Waals surface area contributed by atoms with E-state index in [1.54, 1.807) is 0 Å². The van der Waals surface area contributed by atoms with Crippen molar-refractivity contribution in [3.05, 3.63) is 0 Å². The van der Waals surface area contributed by atoms with Gasteiger partial charge in [0.2, 0.25) is 0 Å². The number of piperidine rings is 1. The molecule has 1 aliphatic heterocycles. The van der Waals surface area contributed by atoms with E-state index < -0.39 is 0 Å². The molecule has 2 heteroatoms. The largest absolute Gasteiger partial charge is 0.314 e. The Morgan fingerprint density at radius 3 is 2.47 bits per heavy atom. The molecule has 0 amide bonds. The van der Waals surface area contributed by atoms with E-state index in [1.165, 1.54) is 64.7 Å². The monoisotopic (exact) mass is 238 g/mol. The predicted octanol–water partition coefficient (Wildman–Crippen LogP) is 2.89. The van der Waals surface area contributed by atoms with Crippen molar-refractivity contribution in [2.75, 3.05) is 26.2 Å². The Morgan fingerprint density at radius 2 is 1.88 bits per heavy atom. The molecule has 0 aromatic heterocycles. The molecule has 0 bridgehead atoms. The van der Waals surface area contributed by atoms with Gasteiger partial charge in [-0.3, -0.25) is 0 Å². The van der Waals surface area contributed by atoms with Crippen molar-refractivity contribution in [1.82, 2.24) is 10.2 Å². The molecular formula is C15H30N2. The van der Waals surface area contributed by atoms with Crippen molar-refractivity contribution >= 4 is 0 Å². The lowest BCUT2D eigenvalue weighted by atomic mass is 9.90. The lowest BCUT2D eigenvalue weighted by molar-refractivity contribution is 0.162. The molecule has 1 N–H and O–H groups in total. The number of hydrogen-bond acceptors (Lipinski definition) is 2. The van der Waals surface area contributed by atoms with E-state index in [0.29, 0.717) is 0 Å². The van der Waals surface area contributed by atoms with Crippen molar-refractivity contribution in [2.45, 2.75) is 58.4 Å². The summed E-state index contributed by atoms with van der Waals surface area (Å²) >= 11 is 0. The molecule has 2 rings (SSSR count). The fourth-order valence-corrected chi connectivity index (χ4v) is 3.08. The Kier molecular flexibility index (Phi) is 5.30. The summed E-state index contributed by atoms with van der Waals surface area (Å²) in [5.41, 5.74) is 0. The highest BCUT2D eigenvalue weighted by molar-refractivity contribution is 4.80. The van der Waals surface area contributed by atoms with Gasteiger partial charge in [0.05, 0.1) is 0 Å². The maximum atomic E-state index is 3.75. The molecule has 0 aromatic rings. The first-order chi connectivity index (χ1) is 8.29. The fraction of sp³-hybridized carbons (Fsp3) is 1.00. The van der Waals surface area contributed by atoms with Gasteiger partial charge in [0.25, 0.3) is 0 Å². The third kappa shape index (κ3) is 4.59.